The van der Waals surface area contributed by atoms with Gasteiger partial charge in [0.2, 0.25) is 0 Å². The summed E-state index contributed by atoms with van der Waals surface area (Å²) >= 11 is 0. The molecule has 1 aromatic carbocycles. The van der Waals surface area contributed by atoms with Gasteiger partial charge in [0.25, 0.3) is 5.91 Å². The molecule has 0 aliphatic carbocycles. The van der Waals surface area contributed by atoms with Crippen molar-refractivity contribution in [3.63, 3.8) is 0 Å². The predicted octanol–water partition coefficient (Wildman–Crippen LogP) is 1.38. The number of likely N-dealkylation sites (N-methyl/N-ethyl adjacent to an activating group) is 1. The van der Waals surface area contributed by atoms with Crippen molar-refractivity contribution in [1.29, 1.82) is 0 Å². The van der Waals surface area contributed by atoms with Crippen LogP contribution in [0.15, 0.2) is 18.2 Å². The van der Waals surface area contributed by atoms with Crippen LogP contribution in [0.4, 0.5) is 4.39 Å². The zero-order chi connectivity index (χ0) is 15.7. The van der Waals surface area contributed by atoms with Gasteiger partial charge in [0.05, 0.1) is 31.4 Å². The lowest BCUT2D eigenvalue weighted by molar-refractivity contribution is -0.0893. The van der Waals surface area contributed by atoms with Crippen molar-refractivity contribution in [2.75, 3.05) is 40.4 Å². The summed E-state index contributed by atoms with van der Waals surface area (Å²) in [5.74, 6) is -0.215. The molecule has 5 nitrogen and oxygen atoms in total. The van der Waals surface area contributed by atoms with Crippen molar-refractivity contribution in [3.05, 3.63) is 29.6 Å². The van der Waals surface area contributed by atoms with Gasteiger partial charge < -0.3 is 14.4 Å². The molecule has 22 heavy (non-hydrogen) atoms. The van der Waals surface area contributed by atoms with Crippen molar-refractivity contribution < 1.29 is 18.7 Å². The number of rotatable bonds is 2. The largest absolute Gasteiger partial charge is 0.496 e. The minimum absolute atomic E-state index is 0.178. The van der Waals surface area contributed by atoms with Crippen molar-refractivity contribution in [3.8, 4) is 5.75 Å². The zero-order valence-corrected chi connectivity index (χ0v) is 12.9. The average Bonchev–Trinajstić information content (AvgIpc) is 2.54. The van der Waals surface area contributed by atoms with Crippen LogP contribution in [0.5, 0.6) is 5.75 Å². The predicted molar refractivity (Wildman–Crippen MR) is 79.6 cm³/mol. The van der Waals surface area contributed by atoms with Gasteiger partial charge in [-0.25, -0.2) is 4.39 Å². The maximum absolute atomic E-state index is 13.5. The van der Waals surface area contributed by atoms with E-state index in [1.54, 1.807) is 4.90 Å². The standard InChI is InChI=1S/C16H21FN2O3/c1-18-7-8-22-15-5-6-19(10-13(15)18)16(20)12-9-11(17)3-4-14(12)21-2/h3-4,9,13,15H,5-8,10H2,1-2H3. The number of ether oxygens (including phenoxy) is 2. The summed E-state index contributed by atoms with van der Waals surface area (Å²) in [6, 6.07) is 4.23. The molecule has 6 heteroatoms. The van der Waals surface area contributed by atoms with E-state index < -0.39 is 5.82 Å². The van der Waals surface area contributed by atoms with Crippen molar-refractivity contribution >= 4 is 5.91 Å². The summed E-state index contributed by atoms with van der Waals surface area (Å²) in [6.45, 7) is 2.82. The minimum Gasteiger partial charge on any atom is -0.496 e. The summed E-state index contributed by atoms with van der Waals surface area (Å²) in [6.07, 6.45) is 0.982. The number of nitrogens with zero attached hydrogens (tertiary/aromatic N) is 2. The van der Waals surface area contributed by atoms with E-state index in [1.165, 1.54) is 25.3 Å². The lowest BCUT2D eigenvalue weighted by Crippen LogP contribution is -2.59. The highest BCUT2D eigenvalue weighted by Crippen LogP contribution is 2.26. The van der Waals surface area contributed by atoms with Crippen LogP contribution in [-0.4, -0.2) is 68.3 Å². The molecule has 1 amide bonds. The van der Waals surface area contributed by atoms with Crippen molar-refractivity contribution in [2.45, 2.75) is 18.6 Å². The maximum atomic E-state index is 13.5. The van der Waals surface area contributed by atoms with Gasteiger partial charge in [-0.15, -0.1) is 0 Å². The molecular formula is C16H21FN2O3. The number of amides is 1. The second-order valence-corrected chi connectivity index (χ2v) is 5.84. The van der Waals surface area contributed by atoms with E-state index in [1.807, 2.05) is 0 Å². The number of halogens is 1. The first-order valence-corrected chi connectivity index (χ1v) is 7.55. The van der Waals surface area contributed by atoms with E-state index in [0.29, 0.717) is 18.8 Å². The lowest BCUT2D eigenvalue weighted by atomic mass is 9.98. The van der Waals surface area contributed by atoms with E-state index in [9.17, 15) is 9.18 Å². The second-order valence-electron chi connectivity index (χ2n) is 5.84. The number of morpholine rings is 1. The fourth-order valence-electron chi connectivity index (χ4n) is 3.24. The van der Waals surface area contributed by atoms with E-state index >= 15 is 0 Å². The Morgan fingerprint density at radius 1 is 1.41 bits per heavy atom. The Labute approximate surface area is 129 Å². The van der Waals surface area contributed by atoms with Crippen LogP contribution in [0.3, 0.4) is 0 Å². The molecule has 3 rings (SSSR count). The SMILES string of the molecule is COc1ccc(F)cc1C(=O)N1CCC2OCCN(C)C2C1. The molecule has 2 aliphatic heterocycles. The fourth-order valence-corrected chi connectivity index (χ4v) is 3.24. The molecule has 2 heterocycles. The van der Waals surface area contributed by atoms with Crippen LogP contribution in [-0.2, 0) is 4.74 Å². The average molecular weight is 308 g/mol. The smallest absolute Gasteiger partial charge is 0.257 e. The summed E-state index contributed by atoms with van der Waals surface area (Å²) < 4.78 is 24.5. The van der Waals surface area contributed by atoms with Crippen molar-refractivity contribution in [1.82, 2.24) is 9.80 Å². The van der Waals surface area contributed by atoms with Crippen LogP contribution >= 0.6 is 0 Å². The molecule has 0 saturated carbocycles. The molecule has 0 aromatic heterocycles. The van der Waals surface area contributed by atoms with E-state index in [2.05, 4.69) is 11.9 Å². The molecule has 2 unspecified atom stereocenters. The number of piperidine rings is 1. The lowest BCUT2D eigenvalue weighted by Gasteiger charge is -2.45. The third-order valence-electron chi connectivity index (χ3n) is 4.54. The molecule has 1 aromatic rings. The highest BCUT2D eigenvalue weighted by molar-refractivity contribution is 5.97. The van der Waals surface area contributed by atoms with E-state index in [4.69, 9.17) is 9.47 Å². The maximum Gasteiger partial charge on any atom is 0.257 e. The number of carbonyl (C=O) groups excluding carboxylic acids is 1. The monoisotopic (exact) mass is 308 g/mol. The number of likely N-dealkylation sites (tertiary alicyclic amines) is 1. The topological polar surface area (TPSA) is 42.0 Å². The third-order valence-corrected chi connectivity index (χ3v) is 4.54. The van der Waals surface area contributed by atoms with E-state index in [-0.39, 0.29) is 23.6 Å². The number of fused-ring (bicyclic) bond motifs is 1. The second kappa shape index (κ2) is 6.22. The van der Waals surface area contributed by atoms with Gasteiger partial charge in [-0.3, -0.25) is 9.69 Å². The van der Waals surface area contributed by atoms with Gasteiger partial charge in [0.15, 0.2) is 0 Å². The van der Waals surface area contributed by atoms with Crippen LogP contribution in [0, 0.1) is 5.82 Å². The number of methoxy groups -OCH3 is 1. The molecule has 0 bridgehead atoms. The number of benzene rings is 1. The Morgan fingerprint density at radius 2 is 2.23 bits per heavy atom. The molecule has 2 saturated heterocycles. The van der Waals surface area contributed by atoms with Crippen LogP contribution in [0.25, 0.3) is 0 Å². The van der Waals surface area contributed by atoms with Gasteiger partial charge >= 0.3 is 0 Å². The number of hydrogen-bond donors (Lipinski definition) is 0. The molecule has 2 fully saturated rings. The number of carbonyl (C=O) groups is 1. The van der Waals surface area contributed by atoms with Crippen molar-refractivity contribution in [2.24, 2.45) is 0 Å². The molecule has 0 spiro atoms. The Kier molecular flexibility index (Phi) is 4.31. The van der Waals surface area contributed by atoms with Crippen LogP contribution in [0.2, 0.25) is 0 Å². The fraction of sp³-hybridized carbons (Fsp3) is 0.562. The van der Waals surface area contributed by atoms with E-state index in [0.717, 1.165) is 19.6 Å². The van der Waals surface area contributed by atoms with Gasteiger partial charge in [-0.1, -0.05) is 0 Å². The molecule has 0 N–H and O–H groups in total. The highest BCUT2D eigenvalue weighted by Gasteiger charge is 2.37. The Morgan fingerprint density at radius 3 is 3.00 bits per heavy atom. The quantitative estimate of drug-likeness (QED) is 0.828. The Bertz CT molecular complexity index is 566. The molecule has 2 atom stereocenters. The first-order chi connectivity index (χ1) is 10.6. The number of hydrogen-bond acceptors (Lipinski definition) is 4. The van der Waals surface area contributed by atoms with Crippen LogP contribution in [0.1, 0.15) is 16.8 Å². The summed E-state index contributed by atoms with van der Waals surface area (Å²) in [7, 11) is 3.54. The van der Waals surface area contributed by atoms with Gasteiger partial charge in [-0.2, -0.15) is 0 Å². The van der Waals surface area contributed by atoms with Gasteiger partial charge in [0, 0.05) is 19.6 Å². The molecule has 0 radical (unpaired) electrons. The summed E-state index contributed by atoms with van der Waals surface area (Å²) in [5.41, 5.74) is 0.278. The first-order valence-electron chi connectivity index (χ1n) is 7.55. The third kappa shape index (κ3) is 2.80. The van der Waals surface area contributed by atoms with Gasteiger partial charge in [0.1, 0.15) is 11.6 Å². The summed E-state index contributed by atoms with van der Waals surface area (Å²) in [5, 5.41) is 0. The zero-order valence-electron chi connectivity index (χ0n) is 12.9. The molecule has 120 valence electrons. The molecule has 2 aliphatic rings. The summed E-state index contributed by atoms with van der Waals surface area (Å²) in [4.78, 5) is 16.7. The van der Waals surface area contributed by atoms with Crippen LogP contribution < -0.4 is 4.74 Å². The first kappa shape index (κ1) is 15.2. The normalized spacial score (nSPS) is 25.7. The highest BCUT2D eigenvalue weighted by atomic mass is 19.1. The Hall–Kier alpha value is -1.66. The van der Waals surface area contributed by atoms with Gasteiger partial charge in [-0.05, 0) is 31.7 Å². The Balaban J connectivity index is 1.79. The molecular weight excluding hydrogens is 287 g/mol. The minimum atomic E-state index is -0.433.